The largest absolute Gasteiger partial charge is 0.353 e. The molecule has 1 amide bonds. The zero-order chi connectivity index (χ0) is 14.7. The fourth-order valence-electron chi connectivity index (χ4n) is 3.52. The van der Waals surface area contributed by atoms with Crippen molar-refractivity contribution in [1.29, 1.82) is 0 Å². The van der Waals surface area contributed by atoms with E-state index in [9.17, 15) is 4.79 Å². The third-order valence-electron chi connectivity index (χ3n) is 4.81. The highest BCUT2D eigenvalue weighted by molar-refractivity contribution is 5.82. The fourth-order valence-corrected chi connectivity index (χ4v) is 3.52. The summed E-state index contributed by atoms with van der Waals surface area (Å²) in [6.45, 7) is 6.02. The van der Waals surface area contributed by atoms with Crippen molar-refractivity contribution >= 4 is 5.91 Å². The van der Waals surface area contributed by atoms with Crippen molar-refractivity contribution < 1.29 is 4.79 Å². The summed E-state index contributed by atoms with van der Waals surface area (Å²) in [6, 6.07) is 8.81. The van der Waals surface area contributed by atoms with Crippen molar-refractivity contribution in [2.24, 2.45) is 0 Å². The minimum absolute atomic E-state index is 0.0867. The molecule has 2 atom stereocenters. The number of hydrogen-bond acceptors (Lipinski definition) is 3. The topological polar surface area (TPSA) is 44.4 Å². The number of rotatable bonds is 4. The Hall–Kier alpha value is -1.39. The monoisotopic (exact) mass is 287 g/mol. The van der Waals surface area contributed by atoms with Crippen molar-refractivity contribution in [3.63, 3.8) is 0 Å². The van der Waals surface area contributed by atoms with Crippen LogP contribution >= 0.6 is 0 Å². The maximum absolute atomic E-state index is 12.4. The quantitative estimate of drug-likeness (QED) is 0.877. The van der Waals surface area contributed by atoms with Gasteiger partial charge in [0.15, 0.2) is 0 Å². The first-order valence-corrected chi connectivity index (χ1v) is 8.10. The molecule has 114 valence electrons. The lowest BCUT2D eigenvalue weighted by Gasteiger charge is -2.27. The van der Waals surface area contributed by atoms with Gasteiger partial charge >= 0.3 is 0 Å². The molecule has 21 heavy (non-hydrogen) atoms. The van der Waals surface area contributed by atoms with Gasteiger partial charge in [-0.3, -0.25) is 9.69 Å². The molecule has 1 saturated heterocycles. The number of benzene rings is 1. The third-order valence-corrected chi connectivity index (χ3v) is 4.81. The summed E-state index contributed by atoms with van der Waals surface area (Å²) in [5, 5.41) is 6.50. The molecule has 0 bridgehead atoms. The predicted molar refractivity (Wildman–Crippen MR) is 84.1 cm³/mol. The number of likely N-dealkylation sites (tertiary alicyclic amines) is 1. The van der Waals surface area contributed by atoms with Crippen LogP contribution in [0.5, 0.6) is 0 Å². The SMILES string of the molecule is CCN1CCCC1CNC(=O)[C@@H]1Cc2ccccc2CN1. The van der Waals surface area contributed by atoms with E-state index in [0.29, 0.717) is 6.04 Å². The smallest absolute Gasteiger partial charge is 0.237 e. The number of nitrogens with one attached hydrogen (secondary N) is 2. The van der Waals surface area contributed by atoms with E-state index in [4.69, 9.17) is 0 Å². The predicted octanol–water partition coefficient (Wildman–Crippen LogP) is 1.30. The minimum atomic E-state index is -0.0867. The summed E-state index contributed by atoms with van der Waals surface area (Å²) in [5.74, 6) is 0.146. The fraction of sp³-hybridized carbons (Fsp3) is 0.588. The minimum Gasteiger partial charge on any atom is -0.353 e. The van der Waals surface area contributed by atoms with E-state index in [1.165, 1.54) is 30.5 Å². The number of hydrogen-bond donors (Lipinski definition) is 2. The highest BCUT2D eigenvalue weighted by Crippen LogP contribution is 2.17. The molecular formula is C17H25N3O. The Bertz CT molecular complexity index is 503. The molecule has 3 rings (SSSR count). The Labute approximate surface area is 126 Å². The van der Waals surface area contributed by atoms with Crippen LogP contribution in [0.1, 0.15) is 30.9 Å². The van der Waals surface area contributed by atoms with E-state index in [-0.39, 0.29) is 11.9 Å². The van der Waals surface area contributed by atoms with Crippen LogP contribution in [0.4, 0.5) is 0 Å². The number of carbonyl (C=O) groups is 1. The van der Waals surface area contributed by atoms with Crippen molar-refractivity contribution in [3.05, 3.63) is 35.4 Å². The molecule has 0 saturated carbocycles. The molecule has 2 aliphatic rings. The van der Waals surface area contributed by atoms with Gasteiger partial charge in [0.1, 0.15) is 0 Å². The molecule has 0 radical (unpaired) electrons. The van der Waals surface area contributed by atoms with Crippen LogP contribution in [0.3, 0.4) is 0 Å². The standard InChI is InChI=1S/C17H25N3O/c1-2-20-9-5-8-15(20)12-19-17(21)16-10-13-6-3-4-7-14(13)11-18-16/h3-4,6-7,15-16,18H,2,5,8-12H2,1H3,(H,19,21)/t15?,16-/m0/s1. The highest BCUT2D eigenvalue weighted by Gasteiger charge is 2.27. The van der Waals surface area contributed by atoms with Gasteiger partial charge in [0.2, 0.25) is 5.91 Å². The molecule has 1 aromatic rings. The van der Waals surface area contributed by atoms with Gasteiger partial charge in [0, 0.05) is 19.1 Å². The summed E-state index contributed by atoms with van der Waals surface area (Å²) in [5.41, 5.74) is 2.61. The van der Waals surface area contributed by atoms with Gasteiger partial charge in [-0.1, -0.05) is 31.2 Å². The Morgan fingerprint density at radius 1 is 1.38 bits per heavy atom. The van der Waals surface area contributed by atoms with Gasteiger partial charge in [-0.15, -0.1) is 0 Å². The van der Waals surface area contributed by atoms with Crippen molar-refractivity contribution in [1.82, 2.24) is 15.5 Å². The zero-order valence-corrected chi connectivity index (χ0v) is 12.8. The van der Waals surface area contributed by atoms with Crippen molar-refractivity contribution in [2.75, 3.05) is 19.6 Å². The second-order valence-corrected chi connectivity index (χ2v) is 6.08. The lowest BCUT2D eigenvalue weighted by atomic mass is 9.95. The highest BCUT2D eigenvalue weighted by atomic mass is 16.2. The summed E-state index contributed by atoms with van der Waals surface area (Å²) < 4.78 is 0. The van der Waals surface area contributed by atoms with Crippen LogP contribution in [0, 0.1) is 0 Å². The normalized spacial score (nSPS) is 25.6. The number of likely N-dealkylation sites (N-methyl/N-ethyl adjacent to an activating group) is 1. The first-order chi connectivity index (χ1) is 10.3. The lowest BCUT2D eigenvalue weighted by Crippen LogP contribution is -2.50. The van der Waals surface area contributed by atoms with E-state index in [1.807, 2.05) is 0 Å². The molecular weight excluding hydrogens is 262 g/mol. The number of amides is 1. The van der Waals surface area contributed by atoms with E-state index < -0.39 is 0 Å². The summed E-state index contributed by atoms with van der Waals surface area (Å²) in [6.07, 6.45) is 3.25. The van der Waals surface area contributed by atoms with Crippen LogP contribution in [-0.2, 0) is 17.8 Å². The number of nitrogens with zero attached hydrogens (tertiary/aromatic N) is 1. The molecule has 2 heterocycles. The molecule has 0 aliphatic carbocycles. The van der Waals surface area contributed by atoms with Crippen LogP contribution in [0.2, 0.25) is 0 Å². The van der Waals surface area contributed by atoms with Gasteiger partial charge in [0.25, 0.3) is 0 Å². The summed E-state index contributed by atoms with van der Waals surface area (Å²) >= 11 is 0. The number of fused-ring (bicyclic) bond motifs is 1. The second kappa shape index (κ2) is 6.58. The molecule has 1 unspecified atom stereocenters. The molecule has 0 spiro atoms. The Morgan fingerprint density at radius 3 is 3.00 bits per heavy atom. The molecule has 2 aliphatic heterocycles. The third kappa shape index (κ3) is 3.27. The van der Waals surface area contributed by atoms with Crippen molar-refractivity contribution in [3.8, 4) is 0 Å². The average Bonchev–Trinajstić information content (AvgIpc) is 2.99. The van der Waals surface area contributed by atoms with Crippen LogP contribution in [0.15, 0.2) is 24.3 Å². The van der Waals surface area contributed by atoms with Crippen molar-refractivity contribution in [2.45, 2.75) is 44.8 Å². The molecule has 0 aromatic heterocycles. The Kier molecular flexibility index (Phi) is 4.56. The molecule has 1 aromatic carbocycles. The summed E-state index contributed by atoms with van der Waals surface area (Å²) in [7, 11) is 0. The number of carbonyl (C=O) groups excluding carboxylic acids is 1. The van der Waals surface area contributed by atoms with Gasteiger partial charge in [0.05, 0.1) is 6.04 Å². The first kappa shape index (κ1) is 14.5. The molecule has 4 heteroatoms. The maximum Gasteiger partial charge on any atom is 0.237 e. The molecule has 4 nitrogen and oxygen atoms in total. The van der Waals surface area contributed by atoms with E-state index in [1.54, 1.807) is 0 Å². The van der Waals surface area contributed by atoms with Crippen LogP contribution in [-0.4, -0.2) is 42.5 Å². The van der Waals surface area contributed by atoms with Gasteiger partial charge in [-0.2, -0.15) is 0 Å². The summed E-state index contributed by atoms with van der Waals surface area (Å²) in [4.78, 5) is 14.8. The lowest BCUT2D eigenvalue weighted by molar-refractivity contribution is -0.123. The van der Waals surface area contributed by atoms with Gasteiger partial charge < -0.3 is 10.6 Å². The maximum atomic E-state index is 12.4. The van der Waals surface area contributed by atoms with E-state index >= 15 is 0 Å². The zero-order valence-electron chi connectivity index (χ0n) is 12.8. The Morgan fingerprint density at radius 2 is 2.19 bits per heavy atom. The van der Waals surface area contributed by atoms with Gasteiger partial charge in [-0.25, -0.2) is 0 Å². The van der Waals surface area contributed by atoms with E-state index in [2.05, 4.69) is 46.7 Å². The van der Waals surface area contributed by atoms with Gasteiger partial charge in [-0.05, 0) is 43.5 Å². The van der Waals surface area contributed by atoms with E-state index in [0.717, 1.165) is 26.1 Å². The van der Waals surface area contributed by atoms with Crippen LogP contribution < -0.4 is 10.6 Å². The molecule has 1 fully saturated rings. The second-order valence-electron chi connectivity index (χ2n) is 6.08. The Balaban J connectivity index is 1.52. The first-order valence-electron chi connectivity index (χ1n) is 8.10. The average molecular weight is 287 g/mol. The van der Waals surface area contributed by atoms with Crippen LogP contribution in [0.25, 0.3) is 0 Å². The molecule has 2 N–H and O–H groups in total.